The van der Waals surface area contributed by atoms with Crippen molar-refractivity contribution in [2.75, 3.05) is 4.90 Å². The van der Waals surface area contributed by atoms with E-state index in [0.717, 1.165) is 11.4 Å². The van der Waals surface area contributed by atoms with E-state index in [1.165, 1.54) is 117 Å². The first-order valence-corrected chi connectivity index (χ1v) is 24.2. The minimum Gasteiger partial charge on any atom is -0.310 e. The third-order valence-electron chi connectivity index (χ3n) is 16.3. The van der Waals surface area contributed by atoms with E-state index in [9.17, 15) is 0 Å². The van der Waals surface area contributed by atoms with Gasteiger partial charge in [-0.15, -0.1) is 0 Å². The maximum absolute atomic E-state index is 2.58. The zero-order valence-electron chi connectivity index (χ0n) is 38.8. The van der Waals surface area contributed by atoms with Crippen molar-refractivity contribution < 1.29 is 0 Å². The number of fused-ring (bicyclic) bond motifs is 16. The summed E-state index contributed by atoms with van der Waals surface area (Å²) in [6.07, 6.45) is 0. The molecule has 0 fully saturated rings. The van der Waals surface area contributed by atoms with Crippen molar-refractivity contribution >= 4 is 17.1 Å². The summed E-state index contributed by atoms with van der Waals surface area (Å²) < 4.78 is 0. The van der Waals surface area contributed by atoms with E-state index < -0.39 is 5.41 Å². The van der Waals surface area contributed by atoms with Crippen LogP contribution < -0.4 is 4.90 Å². The highest BCUT2D eigenvalue weighted by Crippen LogP contribution is 2.65. The highest BCUT2D eigenvalue weighted by Gasteiger charge is 2.53. The molecule has 68 heavy (non-hydrogen) atoms. The highest BCUT2D eigenvalue weighted by atomic mass is 15.1. The van der Waals surface area contributed by atoms with Crippen LogP contribution in [-0.2, 0) is 16.2 Å². The Labute approximate surface area is 399 Å². The smallest absolute Gasteiger partial charge is 0.0726 e. The molecule has 10 aromatic rings. The van der Waals surface area contributed by atoms with E-state index in [4.69, 9.17) is 0 Å². The summed E-state index contributed by atoms with van der Waals surface area (Å²) in [5.41, 5.74) is 28.9. The monoisotopic (exact) mass is 867 g/mol. The van der Waals surface area contributed by atoms with Crippen molar-refractivity contribution in [3.05, 3.63) is 269 Å². The predicted octanol–water partition coefficient (Wildman–Crippen LogP) is 17.4. The Bertz CT molecular complexity index is 3650. The molecule has 14 rings (SSSR count). The van der Waals surface area contributed by atoms with E-state index in [2.05, 4.69) is 257 Å². The quantitative estimate of drug-likeness (QED) is 0.167. The minimum absolute atomic E-state index is 0.154. The molecule has 1 nitrogen and oxygen atoms in total. The van der Waals surface area contributed by atoms with Gasteiger partial charge in [0.25, 0.3) is 0 Å². The van der Waals surface area contributed by atoms with Gasteiger partial charge in [0.1, 0.15) is 0 Å². The first kappa shape index (κ1) is 39.2. The van der Waals surface area contributed by atoms with Gasteiger partial charge in [0.15, 0.2) is 0 Å². The van der Waals surface area contributed by atoms with Gasteiger partial charge in [-0.05, 0) is 142 Å². The highest BCUT2D eigenvalue weighted by molar-refractivity contribution is 6.02. The molecular formula is C67H49N. The maximum atomic E-state index is 2.58. The van der Waals surface area contributed by atoms with Crippen LogP contribution in [-0.4, -0.2) is 0 Å². The Morgan fingerprint density at radius 2 is 0.676 bits per heavy atom. The van der Waals surface area contributed by atoms with Crippen LogP contribution in [0.4, 0.5) is 17.1 Å². The van der Waals surface area contributed by atoms with E-state index in [1.54, 1.807) is 0 Å². The molecule has 1 heteroatoms. The van der Waals surface area contributed by atoms with E-state index >= 15 is 0 Å². The maximum Gasteiger partial charge on any atom is 0.0726 e. The molecule has 0 bridgehead atoms. The fraction of sp³-hybridized carbons (Fsp3) is 0.104. The van der Waals surface area contributed by atoms with Crippen molar-refractivity contribution in [1.82, 2.24) is 0 Å². The molecule has 1 spiro atoms. The second kappa shape index (κ2) is 14.0. The minimum atomic E-state index is -0.541. The molecule has 0 aromatic heterocycles. The number of hydrogen-bond donors (Lipinski definition) is 0. The lowest BCUT2D eigenvalue weighted by molar-refractivity contribution is 0.660. The molecule has 0 aliphatic heterocycles. The van der Waals surface area contributed by atoms with Crippen LogP contribution in [0.15, 0.2) is 224 Å². The molecule has 0 heterocycles. The van der Waals surface area contributed by atoms with Crippen LogP contribution >= 0.6 is 0 Å². The van der Waals surface area contributed by atoms with Crippen LogP contribution in [0.3, 0.4) is 0 Å². The lowest BCUT2D eigenvalue weighted by Gasteiger charge is -2.33. The third-order valence-corrected chi connectivity index (χ3v) is 16.3. The Kier molecular flexibility index (Phi) is 8.08. The molecule has 0 N–H and O–H groups in total. The van der Waals surface area contributed by atoms with Crippen LogP contribution in [0.25, 0.3) is 66.8 Å². The van der Waals surface area contributed by atoms with Gasteiger partial charge in [-0.25, -0.2) is 0 Å². The van der Waals surface area contributed by atoms with Crippen molar-refractivity contribution in [3.8, 4) is 66.8 Å². The normalized spacial score (nSPS) is 16.5. The summed E-state index contributed by atoms with van der Waals surface area (Å²) >= 11 is 0. The second-order valence-corrected chi connectivity index (χ2v) is 20.3. The molecule has 0 amide bonds. The summed E-state index contributed by atoms with van der Waals surface area (Å²) in [7, 11) is 0. The van der Waals surface area contributed by atoms with E-state index in [0.29, 0.717) is 0 Å². The first-order chi connectivity index (χ1) is 33.3. The van der Waals surface area contributed by atoms with Gasteiger partial charge in [0, 0.05) is 27.8 Å². The SMILES string of the molecule is CC1(C)c2ccccc2-c2ccc(N(c3ccc4c(c3)C(C)(C)c3ccccc3-4)c3cccc4c3-c3ccccc3C43c4ccccc4-c4ccc(-c5ccccc5-c5ccccc5)cc43)cc21. The van der Waals surface area contributed by atoms with Gasteiger partial charge in [-0.2, -0.15) is 0 Å². The van der Waals surface area contributed by atoms with Crippen molar-refractivity contribution in [2.45, 2.75) is 43.9 Å². The molecule has 1 unspecified atom stereocenters. The molecule has 1 atom stereocenters. The Morgan fingerprint density at radius 3 is 1.26 bits per heavy atom. The molecule has 322 valence electrons. The number of nitrogens with zero attached hydrogens (tertiary/aromatic N) is 1. The summed E-state index contributed by atoms with van der Waals surface area (Å²) in [6.45, 7) is 9.57. The molecular weight excluding hydrogens is 819 g/mol. The summed E-state index contributed by atoms with van der Waals surface area (Å²) in [5.74, 6) is 0. The molecule has 0 saturated heterocycles. The fourth-order valence-electron chi connectivity index (χ4n) is 13.2. The zero-order valence-corrected chi connectivity index (χ0v) is 38.8. The molecule has 4 aliphatic carbocycles. The van der Waals surface area contributed by atoms with Gasteiger partial charge < -0.3 is 4.90 Å². The summed E-state index contributed by atoms with van der Waals surface area (Å²) in [5, 5.41) is 0. The number of anilines is 3. The molecule has 0 saturated carbocycles. The van der Waals surface area contributed by atoms with Gasteiger partial charge in [0.05, 0.1) is 11.1 Å². The Balaban J connectivity index is 1.03. The van der Waals surface area contributed by atoms with Crippen LogP contribution in [0.1, 0.15) is 72.2 Å². The Hall–Kier alpha value is -8.00. The third kappa shape index (κ3) is 5.11. The average molecular weight is 868 g/mol. The molecule has 0 radical (unpaired) electrons. The largest absolute Gasteiger partial charge is 0.310 e. The Morgan fingerprint density at radius 1 is 0.265 bits per heavy atom. The fourth-order valence-corrected chi connectivity index (χ4v) is 13.2. The number of hydrogen-bond acceptors (Lipinski definition) is 1. The van der Waals surface area contributed by atoms with E-state index in [1.807, 2.05) is 0 Å². The lowest BCUT2D eigenvalue weighted by atomic mass is 9.70. The average Bonchev–Trinajstić information content (AvgIpc) is 4.02. The summed E-state index contributed by atoms with van der Waals surface area (Å²) in [6, 6.07) is 85.0. The number of benzene rings is 10. The van der Waals surface area contributed by atoms with Gasteiger partial charge in [0.2, 0.25) is 0 Å². The predicted molar refractivity (Wildman–Crippen MR) is 283 cm³/mol. The zero-order chi connectivity index (χ0) is 45.5. The first-order valence-electron chi connectivity index (χ1n) is 24.2. The van der Waals surface area contributed by atoms with Crippen LogP contribution in [0.2, 0.25) is 0 Å². The van der Waals surface area contributed by atoms with Gasteiger partial charge in [-0.1, -0.05) is 216 Å². The van der Waals surface area contributed by atoms with E-state index in [-0.39, 0.29) is 10.8 Å². The van der Waals surface area contributed by atoms with Crippen molar-refractivity contribution in [1.29, 1.82) is 0 Å². The number of rotatable bonds is 5. The van der Waals surface area contributed by atoms with Crippen molar-refractivity contribution in [2.24, 2.45) is 0 Å². The molecule has 4 aliphatic rings. The second-order valence-electron chi connectivity index (χ2n) is 20.3. The van der Waals surface area contributed by atoms with Gasteiger partial charge in [-0.3, -0.25) is 0 Å². The van der Waals surface area contributed by atoms with Crippen LogP contribution in [0, 0.1) is 0 Å². The van der Waals surface area contributed by atoms with Crippen LogP contribution in [0.5, 0.6) is 0 Å². The van der Waals surface area contributed by atoms with Crippen molar-refractivity contribution in [3.63, 3.8) is 0 Å². The lowest BCUT2D eigenvalue weighted by Crippen LogP contribution is -2.26. The summed E-state index contributed by atoms with van der Waals surface area (Å²) in [4.78, 5) is 2.58. The standard InChI is InChI=1S/C67H49N/c1-65(2)55-27-14-10-23-48(55)51-37-34-44(40-60(51)65)68(45-35-38-52-49-24-11-15-28-56(49)66(3,4)61(52)41-45)63-32-18-31-59-64(63)54-26-13-17-30-58(54)67(59)57-29-16-12-25-50(57)53-36-33-43(39-62(53)67)47-22-9-8-21-46(47)42-19-6-5-7-20-42/h5-41H,1-4H3. The topological polar surface area (TPSA) is 3.24 Å². The van der Waals surface area contributed by atoms with Gasteiger partial charge >= 0.3 is 0 Å². The molecule has 10 aromatic carbocycles.